The molecule has 2 rings (SSSR count). The number of benzene rings is 1. The number of esters is 1. The van der Waals surface area contributed by atoms with Crippen LogP contribution in [0.1, 0.15) is 22.3 Å². The molecule has 4 heteroatoms. The molecule has 0 aliphatic heterocycles. The van der Waals surface area contributed by atoms with Gasteiger partial charge in [0.15, 0.2) is 6.29 Å². The number of hydrogen-bond acceptors (Lipinski definition) is 3. The van der Waals surface area contributed by atoms with Gasteiger partial charge in [0.2, 0.25) is 0 Å². The third kappa shape index (κ3) is 2.25. The molecule has 0 amide bonds. The Morgan fingerprint density at radius 2 is 2.33 bits per heavy atom. The van der Waals surface area contributed by atoms with Crippen molar-refractivity contribution in [3.8, 4) is 11.8 Å². The second-order valence-electron chi connectivity index (χ2n) is 3.64. The van der Waals surface area contributed by atoms with E-state index in [1.165, 1.54) is 7.11 Å². The minimum absolute atomic E-state index is 0.0354. The zero-order chi connectivity index (χ0) is 13.0. The van der Waals surface area contributed by atoms with Crippen LogP contribution in [0.3, 0.4) is 0 Å². The maximum absolute atomic E-state index is 11.0. The molecule has 1 N–H and O–H groups in total. The van der Waals surface area contributed by atoms with Crippen molar-refractivity contribution in [2.45, 2.75) is 6.42 Å². The monoisotopic (exact) mass is 241 g/mol. The van der Waals surface area contributed by atoms with Crippen LogP contribution in [0.5, 0.6) is 0 Å². The molecule has 1 aromatic heterocycles. The summed E-state index contributed by atoms with van der Waals surface area (Å²) in [5, 5.41) is 0.782. The number of fused-ring (bicyclic) bond motifs is 1. The Kier molecular flexibility index (Phi) is 3.44. The van der Waals surface area contributed by atoms with Gasteiger partial charge >= 0.3 is 5.97 Å². The van der Waals surface area contributed by atoms with Gasteiger partial charge in [0.1, 0.15) is 6.42 Å². The molecule has 1 heterocycles. The van der Waals surface area contributed by atoms with Crippen molar-refractivity contribution < 1.29 is 14.3 Å². The molecule has 0 spiro atoms. The van der Waals surface area contributed by atoms with Crippen molar-refractivity contribution in [2.24, 2.45) is 0 Å². The average molecular weight is 241 g/mol. The first kappa shape index (κ1) is 11.9. The Labute approximate surface area is 104 Å². The zero-order valence-electron chi connectivity index (χ0n) is 9.82. The van der Waals surface area contributed by atoms with Gasteiger partial charge in [-0.05, 0) is 12.1 Å². The van der Waals surface area contributed by atoms with Crippen molar-refractivity contribution >= 4 is 23.2 Å². The maximum Gasteiger partial charge on any atom is 0.317 e. The second-order valence-corrected chi connectivity index (χ2v) is 3.64. The number of aromatic nitrogens is 1. The fourth-order valence-electron chi connectivity index (χ4n) is 1.69. The summed E-state index contributed by atoms with van der Waals surface area (Å²) in [6.07, 6.45) is 2.46. The number of carbonyl (C=O) groups is 2. The third-order valence-corrected chi connectivity index (χ3v) is 2.55. The number of carbonyl (C=O) groups excluding carboxylic acids is 2. The summed E-state index contributed by atoms with van der Waals surface area (Å²) in [6, 6.07) is 5.52. The lowest BCUT2D eigenvalue weighted by Crippen LogP contribution is -1.97. The van der Waals surface area contributed by atoms with Gasteiger partial charge in [0.05, 0.1) is 7.11 Å². The highest BCUT2D eigenvalue weighted by Gasteiger charge is 2.05. The SMILES string of the molecule is COC(=O)CC#Cc1cccc2[nH]cc(C=O)c12. The van der Waals surface area contributed by atoms with Crippen molar-refractivity contribution in [1.82, 2.24) is 4.98 Å². The first-order valence-corrected chi connectivity index (χ1v) is 5.37. The molecule has 2 aromatic rings. The fourth-order valence-corrected chi connectivity index (χ4v) is 1.69. The Morgan fingerprint density at radius 3 is 3.06 bits per heavy atom. The minimum atomic E-state index is -0.376. The predicted octanol–water partition coefficient (Wildman–Crippen LogP) is 1.89. The third-order valence-electron chi connectivity index (χ3n) is 2.55. The van der Waals surface area contributed by atoms with E-state index >= 15 is 0 Å². The van der Waals surface area contributed by atoms with Crippen molar-refractivity contribution in [1.29, 1.82) is 0 Å². The maximum atomic E-state index is 11.0. The molecule has 0 saturated heterocycles. The van der Waals surface area contributed by atoms with Crippen LogP contribution in [0, 0.1) is 11.8 Å². The molecule has 90 valence electrons. The molecule has 0 saturated carbocycles. The highest BCUT2D eigenvalue weighted by Crippen LogP contribution is 2.20. The van der Waals surface area contributed by atoms with Crippen LogP contribution < -0.4 is 0 Å². The van der Waals surface area contributed by atoms with E-state index in [9.17, 15) is 9.59 Å². The second kappa shape index (κ2) is 5.19. The van der Waals surface area contributed by atoms with Crippen LogP contribution in [0.15, 0.2) is 24.4 Å². The van der Waals surface area contributed by atoms with E-state index in [0.29, 0.717) is 5.56 Å². The molecule has 4 nitrogen and oxygen atoms in total. The summed E-state index contributed by atoms with van der Waals surface area (Å²) in [6.45, 7) is 0. The molecule has 1 aromatic carbocycles. The van der Waals surface area contributed by atoms with E-state index in [-0.39, 0.29) is 12.4 Å². The van der Waals surface area contributed by atoms with Crippen molar-refractivity contribution in [2.75, 3.05) is 7.11 Å². The normalized spacial score (nSPS) is 9.61. The van der Waals surface area contributed by atoms with Gasteiger partial charge in [-0.3, -0.25) is 9.59 Å². The molecule has 0 bridgehead atoms. The molecule has 0 aliphatic rings. The Balaban J connectivity index is 2.41. The van der Waals surface area contributed by atoms with Crippen LogP contribution in [0.4, 0.5) is 0 Å². The van der Waals surface area contributed by atoms with Crippen molar-refractivity contribution in [3.05, 3.63) is 35.5 Å². The number of hydrogen-bond donors (Lipinski definition) is 1. The van der Waals surface area contributed by atoms with Gasteiger partial charge in [0, 0.05) is 28.2 Å². The van der Waals surface area contributed by atoms with E-state index in [1.807, 2.05) is 18.2 Å². The van der Waals surface area contributed by atoms with Gasteiger partial charge in [-0.1, -0.05) is 17.9 Å². The summed E-state index contributed by atoms with van der Waals surface area (Å²) in [5.74, 6) is 5.24. The molecule has 0 unspecified atom stereocenters. The summed E-state index contributed by atoms with van der Waals surface area (Å²) < 4.78 is 4.50. The predicted molar refractivity (Wildman–Crippen MR) is 67.2 cm³/mol. The number of aromatic amines is 1. The first-order chi connectivity index (χ1) is 8.76. The average Bonchev–Trinajstić information content (AvgIpc) is 2.82. The van der Waals surface area contributed by atoms with Gasteiger partial charge in [-0.15, -0.1) is 0 Å². The van der Waals surface area contributed by atoms with E-state index in [2.05, 4.69) is 21.6 Å². The Morgan fingerprint density at radius 1 is 1.50 bits per heavy atom. The lowest BCUT2D eigenvalue weighted by Gasteiger charge is -1.95. The molecular formula is C14H11NO3. The summed E-state index contributed by atoms with van der Waals surface area (Å²) in [4.78, 5) is 24.9. The van der Waals surface area contributed by atoms with Gasteiger partial charge in [0.25, 0.3) is 0 Å². The van der Waals surface area contributed by atoms with Crippen LogP contribution in [-0.2, 0) is 9.53 Å². The standard InChI is InChI=1S/C14H11NO3/c1-18-13(17)7-3-5-10-4-2-6-12-14(10)11(9-16)8-15-12/h2,4,6,8-9,15H,7H2,1H3. The smallest absolute Gasteiger partial charge is 0.317 e. The van der Waals surface area contributed by atoms with Crippen LogP contribution in [0.25, 0.3) is 10.9 Å². The fraction of sp³-hybridized carbons (Fsp3) is 0.143. The van der Waals surface area contributed by atoms with Gasteiger partial charge in [-0.2, -0.15) is 0 Å². The minimum Gasteiger partial charge on any atom is -0.468 e. The van der Waals surface area contributed by atoms with E-state index in [1.54, 1.807) is 6.20 Å². The Bertz CT molecular complexity index is 658. The highest BCUT2D eigenvalue weighted by atomic mass is 16.5. The van der Waals surface area contributed by atoms with Crippen LogP contribution in [0.2, 0.25) is 0 Å². The number of aldehydes is 1. The number of rotatable bonds is 2. The molecular weight excluding hydrogens is 230 g/mol. The van der Waals surface area contributed by atoms with E-state index in [0.717, 1.165) is 22.8 Å². The highest BCUT2D eigenvalue weighted by molar-refractivity contribution is 6.00. The number of methoxy groups -OCH3 is 1. The lowest BCUT2D eigenvalue weighted by molar-refractivity contribution is -0.139. The lowest BCUT2D eigenvalue weighted by atomic mass is 10.1. The van der Waals surface area contributed by atoms with Crippen LogP contribution in [-0.4, -0.2) is 24.3 Å². The van der Waals surface area contributed by atoms with Gasteiger partial charge in [-0.25, -0.2) is 0 Å². The molecule has 0 fully saturated rings. The number of nitrogens with one attached hydrogen (secondary N) is 1. The van der Waals surface area contributed by atoms with Crippen LogP contribution >= 0.6 is 0 Å². The summed E-state index contributed by atoms with van der Waals surface area (Å²) in [5.41, 5.74) is 2.13. The summed E-state index contributed by atoms with van der Waals surface area (Å²) >= 11 is 0. The molecule has 0 atom stereocenters. The zero-order valence-corrected chi connectivity index (χ0v) is 9.82. The molecule has 0 radical (unpaired) electrons. The molecule has 18 heavy (non-hydrogen) atoms. The largest absolute Gasteiger partial charge is 0.468 e. The van der Waals surface area contributed by atoms with Crippen molar-refractivity contribution in [3.63, 3.8) is 0 Å². The summed E-state index contributed by atoms with van der Waals surface area (Å²) in [7, 11) is 1.32. The van der Waals surface area contributed by atoms with E-state index in [4.69, 9.17) is 0 Å². The Hall–Kier alpha value is -2.54. The topological polar surface area (TPSA) is 59.2 Å². The van der Waals surface area contributed by atoms with Gasteiger partial charge < -0.3 is 9.72 Å². The number of ether oxygens (including phenoxy) is 1. The quantitative estimate of drug-likeness (QED) is 0.496. The van der Waals surface area contributed by atoms with E-state index < -0.39 is 0 Å². The number of H-pyrrole nitrogens is 1. The first-order valence-electron chi connectivity index (χ1n) is 5.37. The molecule has 0 aliphatic carbocycles.